The fourth-order valence-corrected chi connectivity index (χ4v) is 3.66. The van der Waals surface area contributed by atoms with Gasteiger partial charge < -0.3 is 4.57 Å². The van der Waals surface area contributed by atoms with Crippen LogP contribution in [0.4, 0.5) is 0 Å². The molecule has 2 heterocycles. The van der Waals surface area contributed by atoms with Gasteiger partial charge in [0, 0.05) is 31.7 Å². The number of halogens is 1. The standard InChI is InChI=1S/C9H14ClN3O2S/c1-12-6-9(11-7-12)16(14,15)13-4-2-3-8(10)5-13/h6-8H,2-5H2,1H3. The molecule has 0 aliphatic carbocycles. The van der Waals surface area contributed by atoms with Crippen LogP contribution in [0.15, 0.2) is 17.6 Å². The first-order chi connectivity index (χ1) is 7.50. The maximum absolute atomic E-state index is 12.1. The monoisotopic (exact) mass is 263 g/mol. The Morgan fingerprint density at radius 1 is 1.56 bits per heavy atom. The van der Waals surface area contributed by atoms with Gasteiger partial charge in [0.05, 0.1) is 6.33 Å². The molecule has 0 saturated carbocycles. The SMILES string of the molecule is Cn1cnc(S(=O)(=O)N2CCCC(Cl)C2)c1. The number of piperidine rings is 1. The first-order valence-electron chi connectivity index (χ1n) is 5.12. The van der Waals surface area contributed by atoms with Crippen LogP contribution in [0.3, 0.4) is 0 Å². The molecule has 0 N–H and O–H groups in total. The predicted octanol–water partition coefficient (Wildman–Crippen LogP) is 0.812. The number of alkyl halides is 1. The zero-order valence-electron chi connectivity index (χ0n) is 9.00. The molecule has 0 spiro atoms. The molecule has 1 aromatic rings. The van der Waals surface area contributed by atoms with Crippen molar-refractivity contribution < 1.29 is 8.42 Å². The Labute approximate surface area is 100 Å². The van der Waals surface area contributed by atoms with Gasteiger partial charge in [0.2, 0.25) is 0 Å². The van der Waals surface area contributed by atoms with E-state index in [9.17, 15) is 8.42 Å². The number of imidazole rings is 1. The van der Waals surface area contributed by atoms with Gasteiger partial charge in [-0.1, -0.05) is 0 Å². The van der Waals surface area contributed by atoms with Crippen LogP contribution in [0, 0.1) is 0 Å². The summed E-state index contributed by atoms with van der Waals surface area (Å²) in [5.74, 6) is 0. The highest BCUT2D eigenvalue weighted by molar-refractivity contribution is 7.89. The van der Waals surface area contributed by atoms with Gasteiger partial charge >= 0.3 is 0 Å². The van der Waals surface area contributed by atoms with Crippen molar-refractivity contribution in [2.45, 2.75) is 23.2 Å². The third kappa shape index (κ3) is 2.23. The smallest absolute Gasteiger partial charge is 0.262 e. The number of nitrogens with zero attached hydrogens (tertiary/aromatic N) is 3. The summed E-state index contributed by atoms with van der Waals surface area (Å²) in [6.07, 6.45) is 4.66. The second kappa shape index (κ2) is 4.35. The number of aromatic nitrogens is 2. The molecule has 2 rings (SSSR count). The highest BCUT2D eigenvalue weighted by Crippen LogP contribution is 2.21. The summed E-state index contributed by atoms with van der Waals surface area (Å²) in [7, 11) is -1.71. The Morgan fingerprint density at radius 2 is 2.31 bits per heavy atom. The second-order valence-electron chi connectivity index (χ2n) is 3.98. The zero-order chi connectivity index (χ0) is 11.8. The fourth-order valence-electron chi connectivity index (χ4n) is 1.77. The highest BCUT2D eigenvalue weighted by atomic mass is 35.5. The van der Waals surface area contributed by atoms with Crippen LogP contribution < -0.4 is 0 Å². The van der Waals surface area contributed by atoms with Crippen LogP contribution in [-0.4, -0.2) is 40.7 Å². The van der Waals surface area contributed by atoms with E-state index >= 15 is 0 Å². The summed E-state index contributed by atoms with van der Waals surface area (Å²) in [6, 6.07) is 0. The van der Waals surface area contributed by atoms with E-state index in [1.807, 2.05) is 0 Å². The molecule has 90 valence electrons. The van der Waals surface area contributed by atoms with Crippen molar-refractivity contribution in [2.24, 2.45) is 7.05 Å². The first-order valence-corrected chi connectivity index (χ1v) is 7.00. The summed E-state index contributed by atoms with van der Waals surface area (Å²) in [6.45, 7) is 0.905. The van der Waals surface area contributed by atoms with E-state index in [0.717, 1.165) is 12.8 Å². The molecule has 1 unspecified atom stereocenters. The lowest BCUT2D eigenvalue weighted by Crippen LogP contribution is -2.40. The lowest BCUT2D eigenvalue weighted by molar-refractivity contribution is 0.349. The molecule has 1 aliphatic rings. The van der Waals surface area contributed by atoms with E-state index in [0.29, 0.717) is 13.1 Å². The molecule has 1 aromatic heterocycles. The molecule has 1 aliphatic heterocycles. The van der Waals surface area contributed by atoms with Gasteiger partial charge in [-0.25, -0.2) is 13.4 Å². The van der Waals surface area contributed by atoms with Crippen LogP contribution in [0.2, 0.25) is 0 Å². The molecule has 1 fully saturated rings. The van der Waals surface area contributed by atoms with Gasteiger partial charge in [-0.2, -0.15) is 4.31 Å². The van der Waals surface area contributed by atoms with Gasteiger partial charge in [0.1, 0.15) is 0 Å². The Morgan fingerprint density at radius 3 is 2.88 bits per heavy atom. The lowest BCUT2D eigenvalue weighted by Gasteiger charge is -2.27. The zero-order valence-corrected chi connectivity index (χ0v) is 10.6. The maximum atomic E-state index is 12.1. The predicted molar refractivity (Wildman–Crippen MR) is 60.8 cm³/mol. The topological polar surface area (TPSA) is 55.2 Å². The minimum Gasteiger partial charge on any atom is -0.339 e. The van der Waals surface area contributed by atoms with Gasteiger partial charge in [-0.3, -0.25) is 0 Å². The Kier molecular flexibility index (Phi) is 3.23. The van der Waals surface area contributed by atoms with E-state index in [-0.39, 0.29) is 10.4 Å². The molecule has 1 saturated heterocycles. The second-order valence-corrected chi connectivity index (χ2v) is 6.48. The summed E-state index contributed by atoms with van der Waals surface area (Å²) in [5.41, 5.74) is 0. The van der Waals surface area contributed by atoms with Crippen LogP contribution in [0.5, 0.6) is 0 Å². The van der Waals surface area contributed by atoms with E-state index in [1.165, 1.54) is 16.8 Å². The maximum Gasteiger partial charge on any atom is 0.262 e. The summed E-state index contributed by atoms with van der Waals surface area (Å²) < 4.78 is 27.3. The van der Waals surface area contributed by atoms with Crippen molar-refractivity contribution >= 4 is 21.6 Å². The average molecular weight is 264 g/mol. The van der Waals surface area contributed by atoms with Crippen molar-refractivity contribution in [3.63, 3.8) is 0 Å². The largest absolute Gasteiger partial charge is 0.339 e. The highest BCUT2D eigenvalue weighted by Gasteiger charge is 2.30. The number of hydrogen-bond acceptors (Lipinski definition) is 3. The van der Waals surface area contributed by atoms with Crippen molar-refractivity contribution in [1.29, 1.82) is 0 Å². The minimum absolute atomic E-state index is 0.0905. The summed E-state index contributed by atoms with van der Waals surface area (Å²) >= 11 is 5.98. The van der Waals surface area contributed by atoms with E-state index in [1.54, 1.807) is 11.6 Å². The summed E-state index contributed by atoms with van der Waals surface area (Å²) in [4.78, 5) is 3.88. The normalized spacial score (nSPS) is 23.5. The molecule has 0 aromatic carbocycles. The Hall–Kier alpha value is -0.590. The number of aryl methyl sites for hydroxylation is 1. The third-order valence-electron chi connectivity index (χ3n) is 2.61. The molecular weight excluding hydrogens is 250 g/mol. The van der Waals surface area contributed by atoms with E-state index < -0.39 is 10.0 Å². The fraction of sp³-hybridized carbons (Fsp3) is 0.667. The Bertz CT molecular complexity index is 471. The van der Waals surface area contributed by atoms with Gasteiger partial charge in [-0.05, 0) is 12.8 Å². The molecule has 5 nitrogen and oxygen atoms in total. The number of hydrogen-bond donors (Lipinski definition) is 0. The van der Waals surface area contributed by atoms with Gasteiger partial charge in [-0.15, -0.1) is 11.6 Å². The molecular formula is C9H14ClN3O2S. The van der Waals surface area contributed by atoms with Crippen molar-refractivity contribution in [3.05, 3.63) is 12.5 Å². The molecule has 7 heteroatoms. The van der Waals surface area contributed by atoms with Crippen molar-refractivity contribution in [2.75, 3.05) is 13.1 Å². The molecule has 16 heavy (non-hydrogen) atoms. The van der Waals surface area contributed by atoms with Crippen LogP contribution in [0.25, 0.3) is 0 Å². The van der Waals surface area contributed by atoms with Crippen LogP contribution >= 0.6 is 11.6 Å². The van der Waals surface area contributed by atoms with Gasteiger partial charge in [0.25, 0.3) is 10.0 Å². The van der Waals surface area contributed by atoms with Crippen LogP contribution in [0.1, 0.15) is 12.8 Å². The minimum atomic E-state index is -3.46. The van der Waals surface area contributed by atoms with Crippen molar-refractivity contribution in [1.82, 2.24) is 13.9 Å². The summed E-state index contributed by atoms with van der Waals surface area (Å²) in [5, 5.41) is 0.00741. The number of sulfonamides is 1. The average Bonchev–Trinajstić information content (AvgIpc) is 2.65. The van der Waals surface area contributed by atoms with Crippen LogP contribution in [-0.2, 0) is 17.1 Å². The molecule has 0 radical (unpaired) electrons. The molecule has 0 amide bonds. The lowest BCUT2D eigenvalue weighted by atomic mass is 10.2. The number of rotatable bonds is 2. The van der Waals surface area contributed by atoms with E-state index in [4.69, 9.17) is 11.6 Å². The molecule has 1 atom stereocenters. The Balaban J connectivity index is 2.25. The van der Waals surface area contributed by atoms with Crippen molar-refractivity contribution in [3.8, 4) is 0 Å². The third-order valence-corrected chi connectivity index (χ3v) is 4.72. The van der Waals surface area contributed by atoms with Gasteiger partial charge in [0.15, 0.2) is 5.03 Å². The van der Waals surface area contributed by atoms with E-state index in [2.05, 4.69) is 4.98 Å². The molecule has 0 bridgehead atoms. The quantitative estimate of drug-likeness (QED) is 0.742. The first kappa shape index (κ1) is 11.9.